The number of pyridine rings is 1. The molecule has 1 saturated heterocycles. The van der Waals surface area contributed by atoms with Gasteiger partial charge in [-0.1, -0.05) is 0 Å². The zero-order valence-corrected chi connectivity index (χ0v) is 15.9. The van der Waals surface area contributed by atoms with Gasteiger partial charge in [0.2, 0.25) is 5.96 Å². The van der Waals surface area contributed by atoms with Gasteiger partial charge in [0.15, 0.2) is 0 Å². The van der Waals surface area contributed by atoms with Crippen molar-refractivity contribution in [2.75, 3.05) is 27.2 Å². The number of aliphatic imine (C=N–C) groups is 1. The molecule has 27 heavy (non-hydrogen) atoms. The van der Waals surface area contributed by atoms with Gasteiger partial charge >= 0.3 is 0 Å². The fourth-order valence-corrected chi connectivity index (χ4v) is 3.69. The molecule has 0 aliphatic carbocycles. The largest absolute Gasteiger partial charge is 0.349 e. The number of nitrogens with zero attached hydrogens (tertiary/aromatic N) is 5. The maximum absolute atomic E-state index is 12.4. The van der Waals surface area contributed by atoms with E-state index >= 15 is 0 Å². The number of carbonyl (C=O) groups excluding carboxylic acids is 1. The Kier molecular flexibility index (Phi) is 4.22. The van der Waals surface area contributed by atoms with Crippen LogP contribution >= 0.6 is 0 Å². The van der Waals surface area contributed by atoms with Gasteiger partial charge in [0.05, 0.1) is 5.69 Å². The number of carbonyl (C=O) groups is 1. The molecular formula is C19H24N6O2. The summed E-state index contributed by atoms with van der Waals surface area (Å²) in [5.41, 5.74) is 1.78. The number of aromatic nitrogens is 2. The van der Waals surface area contributed by atoms with Crippen molar-refractivity contribution in [3.63, 3.8) is 0 Å². The summed E-state index contributed by atoms with van der Waals surface area (Å²) in [7, 11) is 3.75. The molecule has 4 heterocycles. The molecule has 2 aliphatic heterocycles. The van der Waals surface area contributed by atoms with Gasteiger partial charge in [0.1, 0.15) is 11.2 Å². The maximum Gasteiger partial charge on any atom is 0.258 e. The first-order chi connectivity index (χ1) is 12.9. The number of likely N-dealkylation sites (tertiary alicyclic amines) is 1. The number of nitrogens with one attached hydrogen (secondary N) is 1. The van der Waals surface area contributed by atoms with Crippen LogP contribution < -0.4 is 10.9 Å². The van der Waals surface area contributed by atoms with E-state index in [9.17, 15) is 9.59 Å². The third-order valence-corrected chi connectivity index (χ3v) is 5.34. The lowest BCUT2D eigenvalue weighted by atomic mass is 9.88. The molecule has 1 N–H and O–H groups in total. The smallest absolute Gasteiger partial charge is 0.258 e. The lowest BCUT2D eigenvalue weighted by Gasteiger charge is -2.35. The van der Waals surface area contributed by atoms with E-state index in [-0.39, 0.29) is 11.5 Å². The summed E-state index contributed by atoms with van der Waals surface area (Å²) in [6.45, 7) is 4.07. The Morgan fingerprint density at radius 3 is 2.63 bits per heavy atom. The van der Waals surface area contributed by atoms with E-state index in [0.717, 1.165) is 24.3 Å². The van der Waals surface area contributed by atoms with Crippen LogP contribution in [0.25, 0.3) is 5.65 Å². The molecule has 0 unspecified atom stereocenters. The van der Waals surface area contributed by atoms with Crippen molar-refractivity contribution >= 4 is 17.5 Å². The highest BCUT2D eigenvalue weighted by Gasteiger charge is 2.46. The first-order valence-corrected chi connectivity index (χ1v) is 9.16. The van der Waals surface area contributed by atoms with Crippen molar-refractivity contribution in [1.29, 1.82) is 0 Å². The number of amides is 1. The summed E-state index contributed by atoms with van der Waals surface area (Å²) in [4.78, 5) is 38.1. The van der Waals surface area contributed by atoms with E-state index in [0.29, 0.717) is 31.0 Å². The minimum atomic E-state index is -0.649. The second-order valence-electron chi connectivity index (χ2n) is 7.61. The third-order valence-electron chi connectivity index (χ3n) is 5.34. The Balaban J connectivity index is 1.49. The average Bonchev–Trinajstić information content (AvgIpc) is 2.93. The van der Waals surface area contributed by atoms with Crippen LogP contribution in [0.2, 0.25) is 0 Å². The second kappa shape index (κ2) is 6.45. The van der Waals surface area contributed by atoms with Gasteiger partial charge in [-0.15, -0.1) is 0 Å². The molecule has 0 saturated carbocycles. The van der Waals surface area contributed by atoms with Gasteiger partial charge < -0.3 is 4.90 Å². The molecule has 142 valence electrons. The molecule has 2 aromatic heterocycles. The van der Waals surface area contributed by atoms with E-state index in [4.69, 9.17) is 0 Å². The summed E-state index contributed by atoms with van der Waals surface area (Å²) in [6.07, 6.45) is 3.09. The van der Waals surface area contributed by atoms with Crippen LogP contribution in [-0.2, 0) is 11.3 Å². The zero-order chi connectivity index (χ0) is 19.2. The number of rotatable bonds is 2. The zero-order valence-electron chi connectivity index (χ0n) is 15.9. The van der Waals surface area contributed by atoms with Gasteiger partial charge in [-0.3, -0.25) is 24.2 Å². The molecule has 4 rings (SSSR count). The van der Waals surface area contributed by atoms with E-state index in [1.54, 1.807) is 16.7 Å². The monoisotopic (exact) mass is 368 g/mol. The molecule has 2 aromatic rings. The first-order valence-electron chi connectivity index (χ1n) is 9.16. The highest BCUT2D eigenvalue weighted by atomic mass is 16.2. The minimum absolute atomic E-state index is 0.0107. The molecule has 0 bridgehead atoms. The minimum Gasteiger partial charge on any atom is -0.349 e. The normalized spacial score (nSPS) is 19.4. The van der Waals surface area contributed by atoms with Crippen molar-refractivity contribution < 1.29 is 4.79 Å². The highest BCUT2D eigenvalue weighted by molar-refractivity contribution is 6.07. The van der Waals surface area contributed by atoms with Crippen LogP contribution in [0.15, 0.2) is 34.2 Å². The van der Waals surface area contributed by atoms with Crippen LogP contribution in [0.3, 0.4) is 0 Å². The van der Waals surface area contributed by atoms with E-state index in [2.05, 4.69) is 20.2 Å². The van der Waals surface area contributed by atoms with Crippen molar-refractivity contribution in [1.82, 2.24) is 24.5 Å². The summed E-state index contributed by atoms with van der Waals surface area (Å²) in [5, 5.41) is 2.87. The summed E-state index contributed by atoms with van der Waals surface area (Å²) in [6, 6.07) is 5.41. The van der Waals surface area contributed by atoms with Crippen molar-refractivity contribution in [2.24, 2.45) is 4.99 Å². The van der Waals surface area contributed by atoms with E-state index < -0.39 is 5.54 Å². The fourth-order valence-electron chi connectivity index (χ4n) is 3.69. The number of fused-ring (bicyclic) bond motifs is 1. The van der Waals surface area contributed by atoms with Gasteiger partial charge in [-0.25, -0.2) is 9.98 Å². The van der Waals surface area contributed by atoms with Gasteiger partial charge in [0, 0.05) is 46.0 Å². The van der Waals surface area contributed by atoms with Crippen molar-refractivity contribution in [3.05, 3.63) is 46.0 Å². The van der Waals surface area contributed by atoms with Gasteiger partial charge in [0.25, 0.3) is 11.5 Å². The number of piperidine rings is 1. The van der Waals surface area contributed by atoms with Crippen LogP contribution in [0.4, 0.5) is 0 Å². The van der Waals surface area contributed by atoms with E-state index in [1.807, 2.05) is 38.1 Å². The van der Waals surface area contributed by atoms with E-state index in [1.165, 1.54) is 0 Å². The summed E-state index contributed by atoms with van der Waals surface area (Å²) >= 11 is 0. The van der Waals surface area contributed by atoms with Gasteiger partial charge in [-0.2, -0.15) is 0 Å². The lowest BCUT2D eigenvalue weighted by molar-refractivity contribution is -0.125. The first kappa shape index (κ1) is 17.7. The number of aryl methyl sites for hydroxylation is 1. The molecule has 1 fully saturated rings. The lowest BCUT2D eigenvalue weighted by Crippen LogP contribution is -2.49. The van der Waals surface area contributed by atoms with Crippen LogP contribution in [-0.4, -0.2) is 63.8 Å². The molecule has 0 atom stereocenters. The van der Waals surface area contributed by atoms with Crippen LogP contribution in [0.5, 0.6) is 0 Å². The van der Waals surface area contributed by atoms with Gasteiger partial charge in [-0.05, 0) is 37.5 Å². The molecule has 0 aromatic carbocycles. The van der Waals surface area contributed by atoms with Crippen LogP contribution in [0.1, 0.15) is 24.1 Å². The fraction of sp³-hybridized carbons (Fsp3) is 0.474. The number of hydrogen-bond acceptors (Lipinski definition) is 6. The quantitative estimate of drug-likeness (QED) is 0.829. The molecule has 1 amide bonds. The van der Waals surface area contributed by atoms with Crippen molar-refractivity contribution in [3.8, 4) is 0 Å². The Morgan fingerprint density at radius 1 is 1.22 bits per heavy atom. The standard InChI is InChI=1S/C19H24N6O2/c1-13-4-7-25-15(10-13)20-14(11-16(25)26)12-24-8-5-19(6-9-24)17(27)21-18(22-19)23(2)3/h4,7,10-11H,5-6,8-9,12H2,1-3H3,(H,21,22,27). The third kappa shape index (κ3) is 3.21. The predicted octanol–water partition coefficient (Wildman–Crippen LogP) is 0.385. The molecule has 1 spiro atoms. The number of guanidine groups is 1. The van der Waals surface area contributed by atoms with Crippen LogP contribution in [0, 0.1) is 6.92 Å². The Labute approximate surface area is 157 Å². The topological polar surface area (TPSA) is 82.3 Å². The number of hydrogen-bond donors (Lipinski definition) is 1. The maximum atomic E-state index is 12.4. The SMILES string of the molecule is Cc1ccn2c(=O)cc(CN3CCC4(CC3)N=C(N(C)C)NC4=O)nc2c1. The Morgan fingerprint density at radius 2 is 1.96 bits per heavy atom. The second-order valence-corrected chi connectivity index (χ2v) is 7.61. The Bertz CT molecular complexity index is 985. The molecular weight excluding hydrogens is 344 g/mol. The summed E-state index contributed by atoms with van der Waals surface area (Å²) in [5.74, 6) is 0.622. The highest BCUT2D eigenvalue weighted by Crippen LogP contribution is 2.30. The average molecular weight is 368 g/mol. The Hall–Kier alpha value is -2.74. The summed E-state index contributed by atoms with van der Waals surface area (Å²) < 4.78 is 1.56. The predicted molar refractivity (Wildman–Crippen MR) is 103 cm³/mol. The van der Waals surface area contributed by atoms with Crippen molar-refractivity contribution in [2.45, 2.75) is 31.8 Å². The molecule has 0 radical (unpaired) electrons. The molecule has 8 nitrogen and oxygen atoms in total. The molecule has 8 heteroatoms. The molecule has 2 aliphatic rings.